The van der Waals surface area contributed by atoms with Crippen molar-refractivity contribution in [1.82, 2.24) is 0 Å². The summed E-state index contributed by atoms with van der Waals surface area (Å²) in [6, 6.07) is 11.3. The molecule has 2 aromatic rings. The van der Waals surface area contributed by atoms with E-state index in [4.69, 9.17) is 0 Å². The van der Waals surface area contributed by atoms with Crippen molar-refractivity contribution >= 4 is 38.9 Å². The molecule has 3 N–H and O–H groups in total. The Bertz CT molecular complexity index is 998. The van der Waals surface area contributed by atoms with E-state index in [1.54, 1.807) is 12.1 Å². The van der Waals surface area contributed by atoms with Crippen molar-refractivity contribution in [3.63, 3.8) is 0 Å². The lowest BCUT2D eigenvalue weighted by molar-refractivity contribution is -0.128. The number of fused-ring (bicyclic) bond motifs is 1. The molecule has 1 heterocycles. The average molecular weight is 387 g/mol. The molecule has 0 spiro atoms. The van der Waals surface area contributed by atoms with Gasteiger partial charge in [-0.25, -0.2) is 8.42 Å². The third kappa shape index (κ3) is 3.95. The van der Waals surface area contributed by atoms with E-state index in [1.807, 2.05) is 12.1 Å². The predicted molar refractivity (Wildman–Crippen MR) is 104 cm³/mol. The number of rotatable bonds is 4. The smallest absolute Gasteiger partial charge is 0.261 e. The number of carbonyl (C=O) groups excluding carboxylic acids is 2. The predicted octanol–water partition coefficient (Wildman–Crippen LogP) is 3.14. The molecule has 2 amide bonds. The monoisotopic (exact) mass is 387 g/mol. The number of sulfonamides is 1. The highest BCUT2D eigenvalue weighted by molar-refractivity contribution is 7.92. The molecule has 27 heavy (non-hydrogen) atoms. The number of amides is 2. The van der Waals surface area contributed by atoms with Crippen molar-refractivity contribution in [1.29, 1.82) is 0 Å². The summed E-state index contributed by atoms with van der Waals surface area (Å²) in [6.07, 6.45) is 0. The van der Waals surface area contributed by atoms with Crippen molar-refractivity contribution in [2.24, 2.45) is 5.92 Å². The molecule has 0 bridgehead atoms. The first-order chi connectivity index (χ1) is 12.7. The molecule has 1 unspecified atom stereocenters. The van der Waals surface area contributed by atoms with Gasteiger partial charge in [-0.2, -0.15) is 0 Å². The first kappa shape index (κ1) is 18.9. The fraction of sp³-hybridized carbons (Fsp3) is 0.263. The van der Waals surface area contributed by atoms with Crippen LogP contribution in [0.25, 0.3) is 0 Å². The summed E-state index contributed by atoms with van der Waals surface area (Å²) in [5.74, 6) is -1.44. The Morgan fingerprint density at radius 2 is 1.52 bits per heavy atom. The maximum Gasteiger partial charge on any atom is 0.261 e. The van der Waals surface area contributed by atoms with Crippen LogP contribution in [0.5, 0.6) is 0 Å². The molecule has 8 heteroatoms. The summed E-state index contributed by atoms with van der Waals surface area (Å²) in [5.41, 5.74) is 2.16. The third-order valence-electron chi connectivity index (χ3n) is 4.43. The number of benzene rings is 2. The fourth-order valence-electron chi connectivity index (χ4n) is 2.65. The van der Waals surface area contributed by atoms with Crippen LogP contribution in [-0.4, -0.2) is 20.2 Å². The summed E-state index contributed by atoms with van der Waals surface area (Å²) in [5, 5.41) is 5.19. The minimum absolute atomic E-state index is 0.0155. The van der Waals surface area contributed by atoms with Crippen LogP contribution < -0.4 is 15.4 Å². The summed E-state index contributed by atoms with van der Waals surface area (Å²) in [7, 11) is -3.85. The molecule has 7 nitrogen and oxygen atoms in total. The second-order valence-corrected chi connectivity index (χ2v) is 8.47. The van der Waals surface area contributed by atoms with Gasteiger partial charge in [0.25, 0.3) is 10.0 Å². The highest BCUT2D eigenvalue weighted by Gasteiger charge is 2.27. The van der Waals surface area contributed by atoms with Crippen molar-refractivity contribution in [3.8, 4) is 0 Å². The van der Waals surface area contributed by atoms with Crippen LogP contribution in [0.2, 0.25) is 0 Å². The Balaban J connectivity index is 1.88. The molecular formula is C19H21N3O4S. The molecule has 0 saturated carbocycles. The maximum absolute atomic E-state index is 12.7. The Kier molecular flexibility index (Phi) is 4.93. The second-order valence-electron chi connectivity index (χ2n) is 6.79. The highest BCUT2D eigenvalue weighted by Crippen LogP contribution is 2.29. The molecule has 0 aromatic heterocycles. The van der Waals surface area contributed by atoms with Crippen molar-refractivity contribution < 1.29 is 18.0 Å². The maximum atomic E-state index is 12.7. The molecule has 0 fully saturated rings. The van der Waals surface area contributed by atoms with E-state index in [9.17, 15) is 18.0 Å². The zero-order chi connectivity index (χ0) is 19.8. The van der Waals surface area contributed by atoms with Gasteiger partial charge in [-0.15, -0.1) is 0 Å². The van der Waals surface area contributed by atoms with Crippen LogP contribution in [0.4, 0.5) is 17.1 Å². The van der Waals surface area contributed by atoms with Gasteiger partial charge in [0, 0.05) is 5.69 Å². The Labute approximate surface area is 158 Å². The van der Waals surface area contributed by atoms with Crippen molar-refractivity contribution in [2.45, 2.75) is 31.6 Å². The molecule has 0 saturated heterocycles. The largest absolute Gasteiger partial charge is 0.324 e. The Hall–Kier alpha value is -2.87. The lowest BCUT2D eigenvalue weighted by Gasteiger charge is -2.12. The van der Waals surface area contributed by atoms with Crippen LogP contribution in [-0.2, 0) is 19.6 Å². The normalized spacial score (nSPS) is 17.0. The lowest BCUT2D eigenvalue weighted by atomic mass is 10.0. The van der Waals surface area contributed by atoms with Crippen LogP contribution >= 0.6 is 0 Å². The molecule has 1 aliphatic heterocycles. The lowest BCUT2D eigenvalue weighted by Crippen LogP contribution is -2.28. The zero-order valence-corrected chi connectivity index (χ0v) is 16.1. The van der Waals surface area contributed by atoms with E-state index in [-0.39, 0.29) is 10.6 Å². The van der Waals surface area contributed by atoms with Crippen LogP contribution in [0, 0.1) is 5.92 Å². The molecule has 1 atom stereocenters. The van der Waals surface area contributed by atoms with E-state index in [2.05, 4.69) is 29.2 Å². The molecule has 3 rings (SSSR count). The highest BCUT2D eigenvalue weighted by atomic mass is 32.2. The summed E-state index contributed by atoms with van der Waals surface area (Å²) < 4.78 is 27.9. The van der Waals surface area contributed by atoms with Gasteiger partial charge in [-0.05, 0) is 48.7 Å². The summed E-state index contributed by atoms with van der Waals surface area (Å²) in [4.78, 5) is 23.9. The van der Waals surface area contributed by atoms with Gasteiger partial charge in [0.2, 0.25) is 11.8 Å². The number of anilines is 3. The van der Waals surface area contributed by atoms with Gasteiger partial charge >= 0.3 is 0 Å². The van der Waals surface area contributed by atoms with Gasteiger partial charge in [0.1, 0.15) is 5.92 Å². The van der Waals surface area contributed by atoms with Gasteiger partial charge in [0.15, 0.2) is 0 Å². The van der Waals surface area contributed by atoms with Crippen LogP contribution in [0.15, 0.2) is 47.4 Å². The van der Waals surface area contributed by atoms with Gasteiger partial charge in [0.05, 0.1) is 16.3 Å². The average Bonchev–Trinajstić information content (AvgIpc) is 2.72. The minimum Gasteiger partial charge on any atom is -0.324 e. The molecule has 1 aliphatic rings. The summed E-state index contributed by atoms with van der Waals surface area (Å²) >= 11 is 0. The number of hydrogen-bond acceptors (Lipinski definition) is 4. The third-order valence-corrected chi connectivity index (χ3v) is 5.81. The first-order valence-electron chi connectivity index (χ1n) is 8.56. The zero-order valence-electron chi connectivity index (χ0n) is 15.2. The molecule has 142 valence electrons. The topological polar surface area (TPSA) is 104 Å². The van der Waals surface area contributed by atoms with Crippen LogP contribution in [0.1, 0.15) is 32.3 Å². The van der Waals surface area contributed by atoms with E-state index in [1.165, 1.54) is 25.1 Å². The standard InChI is InChI=1S/C19H21N3O4S/c1-11(2)13-4-6-14(7-5-13)22-27(25,26)15-8-9-16-17(10-15)21-19(24)12(3)18(23)20-16/h4-12,22H,1-3H3,(H,20,23)(H,21,24). The van der Waals surface area contributed by atoms with Gasteiger partial charge in [-0.3, -0.25) is 14.3 Å². The number of hydrogen-bond donors (Lipinski definition) is 3. The Morgan fingerprint density at radius 1 is 0.926 bits per heavy atom. The first-order valence-corrected chi connectivity index (χ1v) is 10.0. The molecular weight excluding hydrogens is 366 g/mol. The number of nitrogens with one attached hydrogen (secondary N) is 3. The second kappa shape index (κ2) is 7.03. The Morgan fingerprint density at radius 3 is 2.11 bits per heavy atom. The fourth-order valence-corrected chi connectivity index (χ4v) is 3.74. The molecule has 0 aliphatic carbocycles. The quantitative estimate of drug-likeness (QED) is 0.701. The van der Waals surface area contributed by atoms with Crippen molar-refractivity contribution in [3.05, 3.63) is 48.0 Å². The SMILES string of the molecule is CC1C(=O)Nc2ccc(S(=O)(=O)Nc3ccc(C(C)C)cc3)cc2NC1=O. The van der Waals surface area contributed by atoms with E-state index in [0.717, 1.165) is 5.56 Å². The van der Waals surface area contributed by atoms with E-state index in [0.29, 0.717) is 17.3 Å². The molecule has 2 aromatic carbocycles. The van der Waals surface area contributed by atoms with Crippen LogP contribution in [0.3, 0.4) is 0 Å². The van der Waals surface area contributed by atoms with E-state index < -0.39 is 27.8 Å². The minimum atomic E-state index is -3.85. The molecule has 0 radical (unpaired) electrons. The van der Waals surface area contributed by atoms with Gasteiger partial charge in [-0.1, -0.05) is 26.0 Å². The van der Waals surface area contributed by atoms with Gasteiger partial charge < -0.3 is 10.6 Å². The summed E-state index contributed by atoms with van der Waals surface area (Å²) in [6.45, 7) is 5.60. The number of carbonyl (C=O) groups is 2. The van der Waals surface area contributed by atoms with Crippen molar-refractivity contribution in [2.75, 3.05) is 15.4 Å². The van der Waals surface area contributed by atoms with E-state index >= 15 is 0 Å².